The number of amides is 1. The van der Waals surface area contributed by atoms with Crippen molar-refractivity contribution in [3.05, 3.63) is 92.9 Å². The Balaban J connectivity index is 1.79. The summed E-state index contributed by atoms with van der Waals surface area (Å²) < 4.78 is 7.51. The SMILES string of the molecule is CCc1nc(OC)ccc1-c1nc2c(n1C(C)C)C(c1ccc(Cl)cc1)N(c1cc(Cl)ccc1C)C2=O. The molecule has 5 rings (SSSR count). The molecule has 4 aromatic rings. The Hall–Kier alpha value is -3.35. The molecule has 6 nitrogen and oxygen atoms in total. The highest BCUT2D eigenvalue weighted by Gasteiger charge is 2.45. The molecule has 2 aromatic heterocycles. The smallest absolute Gasteiger partial charge is 0.279 e. The molecule has 0 radical (unpaired) electrons. The number of anilines is 1. The van der Waals surface area contributed by atoms with E-state index in [0.717, 1.165) is 39.6 Å². The number of nitrogens with zero attached hydrogens (tertiary/aromatic N) is 4. The summed E-state index contributed by atoms with van der Waals surface area (Å²) in [6, 6.07) is 16.7. The van der Waals surface area contributed by atoms with E-state index in [0.29, 0.717) is 28.0 Å². The number of benzene rings is 2. The number of aromatic nitrogens is 3. The first-order valence-corrected chi connectivity index (χ1v) is 13.0. The molecule has 0 saturated carbocycles. The number of imidazole rings is 1. The number of fused-ring (bicyclic) bond motifs is 1. The van der Waals surface area contributed by atoms with Crippen LogP contribution in [0.5, 0.6) is 5.88 Å². The van der Waals surface area contributed by atoms with Crippen LogP contribution in [0.15, 0.2) is 54.6 Å². The van der Waals surface area contributed by atoms with Gasteiger partial charge >= 0.3 is 0 Å². The molecule has 8 heteroatoms. The second kappa shape index (κ2) is 9.84. The van der Waals surface area contributed by atoms with Crippen molar-refractivity contribution in [2.75, 3.05) is 12.0 Å². The fourth-order valence-electron chi connectivity index (χ4n) is 5.04. The van der Waals surface area contributed by atoms with Crippen LogP contribution in [0, 0.1) is 6.92 Å². The number of methoxy groups -OCH3 is 1. The van der Waals surface area contributed by atoms with Crippen LogP contribution in [0.3, 0.4) is 0 Å². The lowest BCUT2D eigenvalue weighted by Crippen LogP contribution is -2.31. The Morgan fingerprint density at radius 3 is 2.35 bits per heavy atom. The number of hydrogen-bond donors (Lipinski definition) is 0. The van der Waals surface area contributed by atoms with Crippen LogP contribution >= 0.6 is 23.2 Å². The van der Waals surface area contributed by atoms with E-state index in [1.807, 2.05) is 68.4 Å². The standard InChI is InChI=1S/C29H28Cl2N4O2/c1-6-22-21(13-14-24(32-22)37-5)28-33-25-27(34(28)16(2)3)26(18-8-11-19(30)12-9-18)35(29(25)36)23-15-20(31)10-7-17(23)4/h7-16,26H,6H2,1-5H3. The lowest BCUT2D eigenvalue weighted by atomic mass is 10.0. The van der Waals surface area contributed by atoms with Gasteiger partial charge in [0.2, 0.25) is 5.88 Å². The fraction of sp³-hybridized carbons (Fsp3) is 0.276. The van der Waals surface area contributed by atoms with Crippen LogP contribution in [0.1, 0.15) is 65.9 Å². The monoisotopic (exact) mass is 534 g/mol. The van der Waals surface area contributed by atoms with Gasteiger partial charge in [-0.15, -0.1) is 0 Å². The highest BCUT2D eigenvalue weighted by atomic mass is 35.5. The minimum atomic E-state index is -0.406. The average molecular weight is 535 g/mol. The molecule has 1 aliphatic rings. The topological polar surface area (TPSA) is 60.3 Å². The predicted molar refractivity (Wildman–Crippen MR) is 148 cm³/mol. The van der Waals surface area contributed by atoms with Crippen LogP contribution in [0.2, 0.25) is 10.0 Å². The van der Waals surface area contributed by atoms with Crippen molar-refractivity contribution in [3.8, 4) is 17.3 Å². The van der Waals surface area contributed by atoms with E-state index in [1.165, 1.54) is 0 Å². The number of halogens is 2. The Morgan fingerprint density at radius 1 is 1.00 bits per heavy atom. The van der Waals surface area contributed by atoms with E-state index in [9.17, 15) is 4.79 Å². The van der Waals surface area contributed by atoms with Crippen molar-refractivity contribution >= 4 is 34.8 Å². The summed E-state index contributed by atoms with van der Waals surface area (Å²) in [6.45, 7) is 8.23. The van der Waals surface area contributed by atoms with Crippen molar-refractivity contribution < 1.29 is 9.53 Å². The van der Waals surface area contributed by atoms with Crippen molar-refractivity contribution in [3.63, 3.8) is 0 Å². The summed E-state index contributed by atoms with van der Waals surface area (Å²) in [4.78, 5) is 25.6. The molecule has 37 heavy (non-hydrogen) atoms. The Morgan fingerprint density at radius 2 is 1.70 bits per heavy atom. The van der Waals surface area contributed by atoms with Gasteiger partial charge in [-0.2, -0.15) is 0 Å². The minimum Gasteiger partial charge on any atom is -0.481 e. The molecular weight excluding hydrogens is 507 g/mol. The van der Waals surface area contributed by atoms with Gasteiger partial charge in [0.25, 0.3) is 5.91 Å². The maximum Gasteiger partial charge on any atom is 0.279 e. The third-order valence-corrected chi connectivity index (χ3v) is 7.24. The molecule has 0 fully saturated rings. The molecular formula is C29H28Cl2N4O2. The van der Waals surface area contributed by atoms with E-state index >= 15 is 0 Å². The maximum atomic E-state index is 14.1. The summed E-state index contributed by atoms with van der Waals surface area (Å²) in [6.07, 6.45) is 0.699. The van der Waals surface area contributed by atoms with Crippen molar-refractivity contribution in [1.82, 2.24) is 14.5 Å². The van der Waals surface area contributed by atoms with Gasteiger partial charge in [0.05, 0.1) is 18.5 Å². The van der Waals surface area contributed by atoms with E-state index in [4.69, 9.17) is 32.9 Å². The third-order valence-electron chi connectivity index (χ3n) is 6.75. The third kappa shape index (κ3) is 4.28. The van der Waals surface area contributed by atoms with Gasteiger partial charge in [0.1, 0.15) is 11.9 Å². The molecule has 0 N–H and O–H groups in total. The molecule has 0 saturated heterocycles. The first-order valence-electron chi connectivity index (χ1n) is 12.3. The fourth-order valence-corrected chi connectivity index (χ4v) is 5.33. The van der Waals surface area contributed by atoms with E-state index < -0.39 is 6.04 Å². The number of rotatable bonds is 6. The summed E-state index contributed by atoms with van der Waals surface area (Å²) in [7, 11) is 1.60. The quantitative estimate of drug-likeness (QED) is 0.257. The normalized spacial score (nSPS) is 15.0. The molecule has 190 valence electrons. The lowest BCUT2D eigenvalue weighted by molar-refractivity contribution is 0.0989. The number of hydrogen-bond acceptors (Lipinski definition) is 4. The van der Waals surface area contributed by atoms with Crippen molar-refractivity contribution in [2.24, 2.45) is 0 Å². The van der Waals surface area contributed by atoms with Gasteiger partial charge in [0.15, 0.2) is 5.69 Å². The molecule has 3 heterocycles. The molecule has 0 aliphatic carbocycles. The van der Waals surface area contributed by atoms with Crippen molar-refractivity contribution in [1.29, 1.82) is 0 Å². The average Bonchev–Trinajstić information content (AvgIpc) is 3.40. The molecule has 1 amide bonds. The summed E-state index contributed by atoms with van der Waals surface area (Å²) in [5, 5.41) is 1.20. The van der Waals surface area contributed by atoms with Gasteiger partial charge < -0.3 is 9.30 Å². The lowest BCUT2D eigenvalue weighted by Gasteiger charge is -2.29. The molecule has 0 bridgehead atoms. The van der Waals surface area contributed by atoms with Crippen LogP contribution in [0.4, 0.5) is 5.69 Å². The molecule has 1 atom stereocenters. The van der Waals surface area contributed by atoms with Crippen LogP contribution in [0.25, 0.3) is 11.4 Å². The zero-order chi connectivity index (χ0) is 26.4. The predicted octanol–water partition coefficient (Wildman–Crippen LogP) is 7.46. The van der Waals surface area contributed by atoms with Crippen LogP contribution in [-0.4, -0.2) is 27.6 Å². The van der Waals surface area contributed by atoms with Crippen LogP contribution in [-0.2, 0) is 6.42 Å². The Labute approximate surface area is 226 Å². The summed E-state index contributed by atoms with van der Waals surface area (Å²) in [5.74, 6) is 1.11. The zero-order valence-corrected chi connectivity index (χ0v) is 22.9. The maximum absolute atomic E-state index is 14.1. The zero-order valence-electron chi connectivity index (χ0n) is 21.4. The highest BCUT2D eigenvalue weighted by molar-refractivity contribution is 6.31. The van der Waals surface area contributed by atoms with E-state index in [-0.39, 0.29) is 11.9 Å². The second-order valence-corrected chi connectivity index (χ2v) is 10.3. The van der Waals surface area contributed by atoms with E-state index in [1.54, 1.807) is 12.0 Å². The number of carbonyl (C=O) groups is 1. The van der Waals surface area contributed by atoms with Gasteiger partial charge in [-0.25, -0.2) is 9.97 Å². The van der Waals surface area contributed by atoms with Crippen LogP contribution < -0.4 is 9.64 Å². The largest absolute Gasteiger partial charge is 0.481 e. The first kappa shape index (κ1) is 25.3. The van der Waals surface area contributed by atoms with Gasteiger partial charge in [0, 0.05) is 33.4 Å². The molecule has 1 aliphatic heterocycles. The number of pyridine rings is 1. The number of aryl methyl sites for hydroxylation is 2. The van der Waals surface area contributed by atoms with Gasteiger partial charge in [-0.3, -0.25) is 9.69 Å². The first-order chi connectivity index (χ1) is 17.7. The van der Waals surface area contributed by atoms with Gasteiger partial charge in [-0.1, -0.05) is 48.3 Å². The summed E-state index contributed by atoms with van der Waals surface area (Å²) >= 11 is 12.6. The highest BCUT2D eigenvalue weighted by Crippen LogP contribution is 2.46. The number of ether oxygens (including phenoxy) is 1. The Kier molecular flexibility index (Phi) is 6.73. The molecule has 1 unspecified atom stereocenters. The Bertz CT molecular complexity index is 1490. The molecule has 0 spiro atoms. The minimum absolute atomic E-state index is 0.0288. The molecule has 2 aromatic carbocycles. The van der Waals surface area contributed by atoms with Gasteiger partial charge in [-0.05, 0) is 68.7 Å². The van der Waals surface area contributed by atoms with Crippen molar-refractivity contribution in [2.45, 2.75) is 46.2 Å². The second-order valence-electron chi connectivity index (χ2n) is 9.39. The summed E-state index contributed by atoms with van der Waals surface area (Å²) in [5.41, 5.74) is 5.67. The number of carbonyl (C=O) groups excluding carboxylic acids is 1. The van der Waals surface area contributed by atoms with E-state index in [2.05, 4.69) is 23.4 Å².